The Bertz CT molecular complexity index is 1080. The maximum atomic E-state index is 12.7. The fourth-order valence-corrected chi connectivity index (χ4v) is 7.57. The van der Waals surface area contributed by atoms with Gasteiger partial charge in [-0.1, -0.05) is 18.6 Å². The number of para-hydroxylation sites is 1. The molecule has 3 aromatic rings. The Kier molecular flexibility index (Phi) is 6.82. The fraction of sp³-hybridized carbons (Fsp3) is 0.429. The van der Waals surface area contributed by atoms with Crippen molar-refractivity contribution in [3.8, 4) is 0 Å². The molecular formula is C21H25N3O3S3. The molecule has 1 aliphatic heterocycles. The fourth-order valence-electron chi connectivity index (χ4n) is 3.54. The molecule has 0 radical (unpaired) electrons. The van der Waals surface area contributed by atoms with E-state index in [1.165, 1.54) is 16.0 Å². The van der Waals surface area contributed by atoms with Gasteiger partial charge >= 0.3 is 0 Å². The third kappa shape index (κ3) is 5.08. The van der Waals surface area contributed by atoms with Crippen LogP contribution in [0, 0.1) is 0 Å². The highest BCUT2D eigenvalue weighted by Crippen LogP contribution is 2.27. The molecule has 2 aromatic heterocycles. The number of nitrogens with one attached hydrogen (secondary N) is 1. The number of carbonyl (C=O) groups is 1. The van der Waals surface area contributed by atoms with Crippen molar-refractivity contribution in [1.29, 1.82) is 0 Å². The average molecular weight is 464 g/mol. The Balaban J connectivity index is 1.24. The number of thiophene rings is 1. The molecule has 1 N–H and O–H groups in total. The minimum absolute atomic E-state index is 0.0805. The van der Waals surface area contributed by atoms with Gasteiger partial charge in [0.1, 0.15) is 4.21 Å². The van der Waals surface area contributed by atoms with Crippen molar-refractivity contribution in [3.63, 3.8) is 0 Å². The second-order valence-electron chi connectivity index (χ2n) is 7.39. The summed E-state index contributed by atoms with van der Waals surface area (Å²) >= 11 is 2.89. The summed E-state index contributed by atoms with van der Waals surface area (Å²) in [6, 6.07) is 11.5. The van der Waals surface area contributed by atoms with Crippen molar-refractivity contribution in [3.05, 3.63) is 46.3 Å². The quantitative estimate of drug-likeness (QED) is 0.515. The summed E-state index contributed by atoms with van der Waals surface area (Å²) in [5.74, 6) is -0.0805. The van der Waals surface area contributed by atoms with Gasteiger partial charge in [0.05, 0.1) is 21.6 Å². The van der Waals surface area contributed by atoms with Gasteiger partial charge in [0, 0.05) is 30.9 Å². The number of rotatable bonds is 8. The maximum absolute atomic E-state index is 12.7. The molecule has 0 unspecified atom stereocenters. The van der Waals surface area contributed by atoms with Gasteiger partial charge in [-0.2, -0.15) is 4.31 Å². The highest BCUT2D eigenvalue weighted by Gasteiger charge is 2.27. The third-order valence-corrected chi connectivity index (χ3v) is 9.66. The van der Waals surface area contributed by atoms with Crippen molar-refractivity contribution >= 4 is 48.8 Å². The van der Waals surface area contributed by atoms with Crippen LogP contribution in [0.2, 0.25) is 0 Å². The van der Waals surface area contributed by atoms with Gasteiger partial charge in [0.2, 0.25) is 5.91 Å². The van der Waals surface area contributed by atoms with E-state index in [9.17, 15) is 13.2 Å². The molecule has 1 aromatic carbocycles. The predicted molar refractivity (Wildman–Crippen MR) is 122 cm³/mol. The van der Waals surface area contributed by atoms with Crippen molar-refractivity contribution < 1.29 is 13.2 Å². The monoisotopic (exact) mass is 463 g/mol. The van der Waals surface area contributed by atoms with Gasteiger partial charge in [-0.3, -0.25) is 4.79 Å². The highest BCUT2D eigenvalue weighted by atomic mass is 32.2. The van der Waals surface area contributed by atoms with E-state index >= 15 is 0 Å². The smallest absolute Gasteiger partial charge is 0.252 e. The number of carbonyl (C=O) groups excluding carboxylic acids is 1. The van der Waals surface area contributed by atoms with Gasteiger partial charge in [0.15, 0.2) is 0 Å². The van der Waals surface area contributed by atoms with Crippen molar-refractivity contribution in [2.24, 2.45) is 0 Å². The number of hydrogen-bond acceptors (Lipinski definition) is 6. The zero-order chi connectivity index (χ0) is 21.0. The molecule has 160 valence electrons. The number of piperidine rings is 1. The van der Waals surface area contributed by atoms with Crippen LogP contribution in [0.15, 0.2) is 40.6 Å². The van der Waals surface area contributed by atoms with E-state index in [2.05, 4.69) is 16.4 Å². The molecule has 6 nitrogen and oxygen atoms in total. The lowest BCUT2D eigenvalue weighted by molar-refractivity contribution is -0.120. The lowest BCUT2D eigenvalue weighted by Gasteiger charge is -2.25. The molecule has 0 spiro atoms. The van der Waals surface area contributed by atoms with Crippen LogP contribution in [0.3, 0.4) is 0 Å². The SMILES string of the molecule is O=C(Cc1ccc(S(=O)(=O)N2CCCCC2)s1)NCCCc1nc2ccccc2s1. The molecule has 0 atom stereocenters. The standard InChI is InChI=1S/C21H25N3O3S3/c25-19(22-12-6-9-20-23-17-7-2-3-8-18(17)29-20)15-16-10-11-21(28-16)30(26,27)24-13-4-1-5-14-24/h2-3,7-8,10-11H,1,4-6,9,12-15H2,(H,22,25). The summed E-state index contributed by atoms with van der Waals surface area (Å²) in [6.07, 6.45) is 4.78. The number of benzene rings is 1. The van der Waals surface area contributed by atoms with Crippen LogP contribution < -0.4 is 5.32 Å². The Morgan fingerprint density at radius 2 is 1.87 bits per heavy atom. The first-order valence-corrected chi connectivity index (χ1v) is 13.3. The number of thiazole rings is 1. The molecule has 1 saturated heterocycles. The topological polar surface area (TPSA) is 79.4 Å². The van der Waals surface area contributed by atoms with Gasteiger partial charge in [-0.25, -0.2) is 13.4 Å². The Morgan fingerprint density at radius 3 is 2.67 bits per heavy atom. The number of sulfonamides is 1. The van der Waals surface area contributed by atoms with Crippen molar-refractivity contribution in [2.75, 3.05) is 19.6 Å². The largest absolute Gasteiger partial charge is 0.356 e. The lowest BCUT2D eigenvalue weighted by atomic mass is 10.2. The molecule has 0 aliphatic carbocycles. The second-order valence-corrected chi connectivity index (χ2v) is 11.8. The molecular weight excluding hydrogens is 438 g/mol. The number of fused-ring (bicyclic) bond motifs is 1. The molecule has 0 saturated carbocycles. The average Bonchev–Trinajstić information content (AvgIpc) is 3.39. The summed E-state index contributed by atoms with van der Waals surface area (Å²) < 4.78 is 28.5. The zero-order valence-electron chi connectivity index (χ0n) is 16.7. The molecule has 1 fully saturated rings. The minimum atomic E-state index is -3.43. The minimum Gasteiger partial charge on any atom is -0.356 e. The lowest BCUT2D eigenvalue weighted by Crippen LogP contribution is -2.35. The molecule has 1 amide bonds. The van der Waals surface area contributed by atoms with Crippen LogP contribution in [-0.4, -0.2) is 43.2 Å². The summed E-state index contributed by atoms with van der Waals surface area (Å²) in [7, 11) is -3.43. The van der Waals surface area contributed by atoms with E-state index in [4.69, 9.17) is 0 Å². The number of aromatic nitrogens is 1. The first-order valence-electron chi connectivity index (χ1n) is 10.2. The molecule has 0 bridgehead atoms. The molecule has 30 heavy (non-hydrogen) atoms. The third-order valence-electron chi connectivity index (χ3n) is 5.11. The van der Waals surface area contributed by atoms with E-state index < -0.39 is 10.0 Å². The van der Waals surface area contributed by atoms with Crippen molar-refractivity contribution in [1.82, 2.24) is 14.6 Å². The number of nitrogens with zero attached hydrogens (tertiary/aromatic N) is 2. The Hall–Kier alpha value is -1.81. The first kappa shape index (κ1) is 21.4. The Labute approximate surface area is 185 Å². The van der Waals surface area contributed by atoms with E-state index in [-0.39, 0.29) is 12.3 Å². The molecule has 9 heteroatoms. The molecule has 4 rings (SSSR count). The summed E-state index contributed by atoms with van der Waals surface area (Å²) in [6.45, 7) is 1.76. The van der Waals surface area contributed by atoms with Crippen LogP contribution >= 0.6 is 22.7 Å². The zero-order valence-corrected chi connectivity index (χ0v) is 19.1. The summed E-state index contributed by atoms with van der Waals surface area (Å²) in [5.41, 5.74) is 1.02. The number of amides is 1. The van der Waals surface area contributed by atoms with Crippen LogP contribution in [0.1, 0.15) is 35.6 Å². The number of aryl methyl sites for hydroxylation is 1. The summed E-state index contributed by atoms with van der Waals surface area (Å²) in [4.78, 5) is 17.6. The maximum Gasteiger partial charge on any atom is 0.252 e. The van der Waals surface area contributed by atoms with Crippen LogP contribution in [-0.2, 0) is 27.7 Å². The van der Waals surface area contributed by atoms with Crippen LogP contribution in [0.25, 0.3) is 10.2 Å². The first-order chi connectivity index (χ1) is 14.5. The molecule has 3 heterocycles. The van der Waals surface area contributed by atoms with Crippen LogP contribution in [0.4, 0.5) is 0 Å². The molecule has 1 aliphatic rings. The van der Waals surface area contributed by atoms with E-state index in [1.807, 2.05) is 18.2 Å². The van der Waals surface area contributed by atoms with Gasteiger partial charge in [-0.15, -0.1) is 22.7 Å². The van der Waals surface area contributed by atoms with E-state index in [0.717, 1.165) is 47.5 Å². The second kappa shape index (κ2) is 9.55. The van der Waals surface area contributed by atoms with E-state index in [0.29, 0.717) is 23.8 Å². The highest BCUT2D eigenvalue weighted by molar-refractivity contribution is 7.91. The van der Waals surface area contributed by atoms with Crippen LogP contribution in [0.5, 0.6) is 0 Å². The van der Waals surface area contributed by atoms with Gasteiger partial charge < -0.3 is 5.32 Å². The predicted octanol–water partition coefficient (Wildman–Crippen LogP) is 3.82. The Morgan fingerprint density at radius 1 is 1.07 bits per heavy atom. The summed E-state index contributed by atoms with van der Waals surface area (Å²) in [5, 5.41) is 4.01. The van der Waals surface area contributed by atoms with Gasteiger partial charge in [-0.05, 0) is 43.5 Å². The van der Waals surface area contributed by atoms with Gasteiger partial charge in [0.25, 0.3) is 10.0 Å². The van der Waals surface area contributed by atoms with E-state index in [1.54, 1.807) is 27.8 Å². The number of hydrogen-bond donors (Lipinski definition) is 1. The van der Waals surface area contributed by atoms with Crippen molar-refractivity contribution in [2.45, 2.75) is 42.7 Å². The normalized spacial score (nSPS) is 15.5.